The van der Waals surface area contributed by atoms with Crippen molar-refractivity contribution in [3.8, 4) is 0 Å². The van der Waals surface area contributed by atoms with Crippen LogP contribution in [0, 0.1) is 6.92 Å². The number of hydrogen-bond acceptors (Lipinski definition) is 5. The topological polar surface area (TPSA) is 76.0 Å². The smallest absolute Gasteiger partial charge is 0.291 e. The van der Waals surface area contributed by atoms with E-state index in [0.29, 0.717) is 54.5 Å². The molecule has 8 nitrogen and oxygen atoms in total. The number of piperazine rings is 1. The Bertz CT molecular complexity index is 1410. The second-order valence-electron chi connectivity index (χ2n) is 8.47. The van der Waals surface area contributed by atoms with Crippen molar-refractivity contribution in [2.24, 2.45) is 0 Å². The van der Waals surface area contributed by atoms with Crippen LogP contribution in [0.2, 0.25) is 5.02 Å². The van der Waals surface area contributed by atoms with Crippen LogP contribution in [0.15, 0.2) is 45.8 Å². The predicted octanol–water partition coefficient (Wildman–Crippen LogP) is 3.68. The van der Waals surface area contributed by atoms with E-state index in [9.17, 15) is 9.59 Å². The molecule has 3 aromatic heterocycles. The van der Waals surface area contributed by atoms with Gasteiger partial charge in [-0.25, -0.2) is 4.68 Å². The van der Waals surface area contributed by atoms with Crippen molar-refractivity contribution in [1.29, 1.82) is 0 Å². The van der Waals surface area contributed by atoms with Gasteiger partial charge in [-0.05, 0) is 31.5 Å². The predicted molar refractivity (Wildman–Crippen MR) is 128 cm³/mol. The van der Waals surface area contributed by atoms with Crippen molar-refractivity contribution in [3.63, 3.8) is 0 Å². The minimum Gasteiger partial charge on any atom is -0.463 e. The number of hydrogen-bond donors (Lipinski definition) is 0. The average molecular weight is 468 g/mol. The maximum absolute atomic E-state index is 13.3. The van der Waals surface area contributed by atoms with E-state index >= 15 is 0 Å². The molecule has 33 heavy (non-hydrogen) atoms. The standard InChI is InChI=1S/C24H26ClN5O3/c1-4-22-26-30(24(32)20-14-21-18(29(20)22)7-12-33-21)16(3)23(31)28-10-8-27(9-11-28)19-13-17(25)6-5-15(19)2/h5-7,12-14,16H,4,8-11H2,1-3H3/t16-/m0/s1. The summed E-state index contributed by atoms with van der Waals surface area (Å²) in [4.78, 5) is 30.6. The highest BCUT2D eigenvalue weighted by atomic mass is 35.5. The molecule has 0 saturated carbocycles. The Balaban J connectivity index is 1.39. The number of aryl methyl sites for hydroxylation is 2. The van der Waals surface area contributed by atoms with Gasteiger partial charge in [0.05, 0.1) is 11.8 Å². The maximum atomic E-state index is 13.3. The fraction of sp³-hybridized carbons (Fsp3) is 0.375. The summed E-state index contributed by atoms with van der Waals surface area (Å²) in [6.07, 6.45) is 2.21. The van der Waals surface area contributed by atoms with Gasteiger partial charge in [0.2, 0.25) is 5.91 Å². The Morgan fingerprint density at radius 3 is 2.64 bits per heavy atom. The molecule has 9 heteroatoms. The Morgan fingerprint density at radius 2 is 1.91 bits per heavy atom. The molecule has 0 bridgehead atoms. The Hall–Kier alpha value is -3.26. The number of carbonyl (C=O) groups excluding carboxylic acids is 1. The molecule has 4 heterocycles. The van der Waals surface area contributed by atoms with Crippen molar-refractivity contribution in [2.75, 3.05) is 31.1 Å². The van der Waals surface area contributed by atoms with E-state index in [4.69, 9.17) is 16.0 Å². The van der Waals surface area contributed by atoms with Gasteiger partial charge in [-0.1, -0.05) is 24.6 Å². The Labute approximate surface area is 195 Å². The lowest BCUT2D eigenvalue weighted by atomic mass is 10.1. The summed E-state index contributed by atoms with van der Waals surface area (Å²) in [6, 6.07) is 8.70. The van der Waals surface area contributed by atoms with E-state index in [2.05, 4.69) is 16.9 Å². The van der Waals surface area contributed by atoms with E-state index < -0.39 is 6.04 Å². The SMILES string of the molecule is CCc1nn([C@@H](C)C(=O)N2CCN(c3cc(Cl)ccc3C)CC2)c(=O)c2cc3occc3n12. The summed E-state index contributed by atoms with van der Waals surface area (Å²) in [7, 11) is 0. The summed E-state index contributed by atoms with van der Waals surface area (Å²) < 4.78 is 8.62. The van der Waals surface area contributed by atoms with Gasteiger partial charge >= 0.3 is 0 Å². The van der Waals surface area contributed by atoms with Gasteiger partial charge in [0.15, 0.2) is 5.58 Å². The van der Waals surface area contributed by atoms with Crippen LogP contribution in [-0.2, 0) is 11.2 Å². The molecule has 0 aliphatic carbocycles. The van der Waals surface area contributed by atoms with E-state index in [1.165, 1.54) is 4.68 Å². The Kier molecular flexibility index (Phi) is 5.40. The second kappa shape index (κ2) is 8.26. The number of carbonyl (C=O) groups is 1. The number of amides is 1. The molecule has 1 fully saturated rings. The van der Waals surface area contributed by atoms with Gasteiger partial charge < -0.3 is 14.2 Å². The van der Waals surface area contributed by atoms with Crippen molar-refractivity contribution in [3.05, 3.63) is 63.4 Å². The molecule has 0 N–H and O–H groups in total. The summed E-state index contributed by atoms with van der Waals surface area (Å²) in [5.74, 6) is 0.607. The van der Waals surface area contributed by atoms with Gasteiger partial charge in [-0.15, -0.1) is 0 Å². The lowest BCUT2D eigenvalue weighted by Gasteiger charge is -2.37. The molecule has 4 aromatic rings. The molecule has 1 amide bonds. The van der Waals surface area contributed by atoms with Crippen LogP contribution in [0.3, 0.4) is 0 Å². The number of anilines is 1. The maximum Gasteiger partial charge on any atom is 0.291 e. The first-order chi connectivity index (χ1) is 15.9. The first-order valence-corrected chi connectivity index (χ1v) is 11.6. The average Bonchev–Trinajstić information content (AvgIpc) is 3.42. The molecule has 1 aromatic carbocycles. The molecule has 1 aliphatic rings. The summed E-state index contributed by atoms with van der Waals surface area (Å²) in [6.45, 7) is 8.34. The van der Waals surface area contributed by atoms with E-state index in [1.807, 2.05) is 40.5 Å². The molecular formula is C24H26ClN5O3. The zero-order valence-corrected chi connectivity index (χ0v) is 19.7. The summed E-state index contributed by atoms with van der Waals surface area (Å²) in [5, 5.41) is 5.27. The van der Waals surface area contributed by atoms with Gasteiger partial charge in [-0.3, -0.25) is 14.0 Å². The van der Waals surface area contributed by atoms with Crippen LogP contribution in [0.5, 0.6) is 0 Å². The van der Waals surface area contributed by atoms with Crippen molar-refractivity contribution >= 4 is 39.8 Å². The molecule has 1 saturated heterocycles. The van der Waals surface area contributed by atoms with Crippen LogP contribution in [0.4, 0.5) is 5.69 Å². The van der Waals surface area contributed by atoms with E-state index in [1.54, 1.807) is 19.3 Å². The van der Waals surface area contributed by atoms with Gasteiger partial charge in [-0.2, -0.15) is 5.10 Å². The van der Waals surface area contributed by atoms with Crippen LogP contribution in [-0.4, -0.2) is 51.2 Å². The number of rotatable bonds is 4. The minimum absolute atomic E-state index is 0.103. The number of halogens is 1. The molecule has 0 unspecified atom stereocenters. The first kappa shape index (κ1) is 21.6. The number of benzene rings is 1. The molecule has 5 rings (SSSR count). The van der Waals surface area contributed by atoms with E-state index in [-0.39, 0.29) is 11.5 Å². The molecule has 1 atom stereocenters. The highest BCUT2D eigenvalue weighted by Crippen LogP contribution is 2.26. The lowest BCUT2D eigenvalue weighted by Crippen LogP contribution is -2.51. The van der Waals surface area contributed by atoms with E-state index in [0.717, 1.165) is 16.8 Å². The zero-order chi connectivity index (χ0) is 23.3. The van der Waals surface area contributed by atoms with Crippen molar-refractivity contribution < 1.29 is 9.21 Å². The Morgan fingerprint density at radius 1 is 1.15 bits per heavy atom. The quantitative estimate of drug-likeness (QED) is 0.457. The third-order valence-electron chi connectivity index (χ3n) is 6.48. The molecule has 172 valence electrons. The van der Waals surface area contributed by atoms with Crippen LogP contribution >= 0.6 is 11.6 Å². The monoisotopic (exact) mass is 467 g/mol. The van der Waals surface area contributed by atoms with Crippen LogP contribution in [0.25, 0.3) is 16.6 Å². The van der Waals surface area contributed by atoms with Crippen LogP contribution < -0.4 is 10.5 Å². The highest BCUT2D eigenvalue weighted by molar-refractivity contribution is 6.30. The number of fused-ring (bicyclic) bond motifs is 3. The van der Waals surface area contributed by atoms with Gasteiger partial charge in [0, 0.05) is 55.4 Å². The molecule has 0 spiro atoms. The minimum atomic E-state index is -0.701. The van der Waals surface area contributed by atoms with Gasteiger partial charge in [0.25, 0.3) is 5.56 Å². The number of aromatic nitrogens is 3. The third-order valence-corrected chi connectivity index (χ3v) is 6.71. The largest absolute Gasteiger partial charge is 0.463 e. The first-order valence-electron chi connectivity index (χ1n) is 11.2. The molecule has 0 radical (unpaired) electrons. The highest BCUT2D eigenvalue weighted by Gasteiger charge is 2.29. The fourth-order valence-electron chi connectivity index (χ4n) is 4.64. The fourth-order valence-corrected chi connectivity index (χ4v) is 4.81. The second-order valence-corrected chi connectivity index (χ2v) is 8.91. The summed E-state index contributed by atoms with van der Waals surface area (Å²) >= 11 is 6.19. The number of nitrogens with zero attached hydrogens (tertiary/aromatic N) is 5. The molecule has 1 aliphatic heterocycles. The number of furan rings is 1. The van der Waals surface area contributed by atoms with Crippen molar-refractivity contribution in [1.82, 2.24) is 19.1 Å². The lowest BCUT2D eigenvalue weighted by molar-refractivity contribution is -0.135. The summed E-state index contributed by atoms with van der Waals surface area (Å²) in [5.41, 5.74) is 3.86. The zero-order valence-electron chi connectivity index (χ0n) is 18.9. The normalized spacial score (nSPS) is 15.5. The van der Waals surface area contributed by atoms with Crippen molar-refractivity contribution in [2.45, 2.75) is 33.2 Å². The molecular weight excluding hydrogens is 442 g/mol. The third kappa shape index (κ3) is 3.58. The van der Waals surface area contributed by atoms with Gasteiger partial charge in [0.1, 0.15) is 17.4 Å². The van der Waals surface area contributed by atoms with Crippen LogP contribution in [0.1, 0.15) is 31.3 Å².